The van der Waals surface area contributed by atoms with Crippen molar-refractivity contribution in [3.63, 3.8) is 0 Å². The van der Waals surface area contributed by atoms with Crippen LogP contribution in [0.1, 0.15) is 28.0 Å². The summed E-state index contributed by atoms with van der Waals surface area (Å²) in [6.45, 7) is 4.97. The largest absolute Gasteiger partial charge is 0.447 e. The van der Waals surface area contributed by atoms with Gasteiger partial charge >= 0.3 is 0 Å². The van der Waals surface area contributed by atoms with E-state index in [1.807, 2.05) is 17.0 Å². The molecule has 9 nitrogen and oxygen atoms in total. The molecule has 0 aromatic carbocycles. The van der Waals surface area contributed by atoms with Gasteiger partial charge in [0.2, 0.25) is 5.89 Å². The van der Waals surface area contributed by atoms with E-state index in [4.69, 9.17) is 19.6 Å². The summed E-state index contributed by atoms with van der Waals surface area (Å²) < 4.78 is 16.8. The van der Waals surface area contributed by atoms with E-state index < -0.39 is 0 Å². The predicted molar refractivity (Wildman–Crippen MR) is 99.4 cm³/mol. The molecule has 0 spiro atoms. The van der Waals surface area contributed by atoms with Crippen LogP contribution >= 0.6 is 0 Å². The van der Waals surface area contributed by atoms with E-state index in [-0.39, 0.29) is 30.3 Å². The summed E-state index contributed by atoms with van der Waals surface area (Å²) >= 11 is 0. The van der Waals surface area contributed by atoms with Crippen LogP contribution in [0, 0.1) is 0 Å². The number of carbonyl (C=O) groups excluding carboxylic acids is 1. The summed E-state index contributed by atoms with van der Waals surface area (Å²) in [4.78, 5) is 25.8. The molecule has 2 aliphatic heterocycles. The molecule has 0 bridgehead atoms. The number of amides is 1. The molecule has 0 aliphatic carbocycles. The minimum Gasteiger partial charge on any atom is -0.447 e. The quantitative estimate of drug-likeness (QED) is 0.788. The monoisotopic (exact) mass is 387 g/mol. The van der Waals surface area contributed by atoms with Crippen molar-refractivity contribution in [2.45, 2.75) is 18.7 Å². The number of hydrogen-bond acceptors (Lipinski definition) is 8. The van der Waals surface area contributed by atoms with Gasteiger partial charge in [-0.2, -0.15) is 0 Å². The highest BCUT2D eigenvalue weighted by atomic mass is 16.5. The van der Waals surface area contributed by atoms with Gasteiger partial charge in [0.15, 0.2) is 5.69 Å². The number of morpholine rings is 2. The average Bonchev–Trinajstić information content (AvgIpc) is 3.24. The number of carbonyl (C=O) groups is 1. The van der Waals surface area contributed by atoms with Crippen LogP contribution in [-0.4, -0.2) is 77.8 Å². The number of nitrogens with zero attached hydrogens (tertiary/aromatic N) is 4. The van der Waals surface area contributed by atoms with Gasteiger partial charge in [-0.25, -0.2) is 4.98 Å². The lowest BCUT2D eigenvalue weighted by atomic mass is 9.98. The molecule has 1 amide bonds. The second kappa shape index (κ2) is 8.78. The van der Waals surface area contributed by atoms with E-state index in [0.29, 0.717) is 32.3 Å². The number of nitrogens with two attached hydrogens (primary N) is 1. The van der Waals surface area contributed by atoms with Crippen molar-refractivity contribution >= 4 is 5.91 Å². The van der Waals surface area contributed by atoms with Crippen LogP contribution in [0.5, 0.6) is 0 Å². The highest BCUT2D eigenvalue weighted by molar-refractivity contribution is 5.92. The van der Waals surface area contributed by atoms with Gasteiger partial charge < -0.3 is 24.5 Å². The molecule has 4 rings (SSSR count). The lowest BCUT2D eigenvalue weighted by molar-refractivity contribution is -0.0820. The van der Waals surface area contributed by atoms with Crippen LogP contribution < -0.4 is 5.73 Å². The summed E-state index contributed by atoms with van der Waals surface area (Å²) in [6.07, 6.45) is 4.72. The van der Waals surface area contributed by atoms with Crippen LogP contribution in [-0.2, 0) is 16.0 Å². The minimum absolute atomic E-state index is 0.155. The van der Waals surface area contributed by atoms with Crippen LogP contribution in [0.4, 0.5) is 0 Å². The Balaban J connectivity index is 1.60. The smallest absolute Gasteiger partial charge is 0.276 e. The van der Waals surface area contributed by atoms with Gasteiger partial charge in [-0.05, 0) is 11.6 Å². The fraction of sp³-hybridized carbons (Fsp3) is 0.526. The highest BCUT2D eigenvalue weighted by Crippen LogP contribution is 2.31. The topological polar surface area (TPSA) is 107 Å². The van der Waals surface area contributed by atoms with Crippen molar-refractivity contribution < 1.29 is 18.7 Å². The first kappa shape index (κ1) is 19.0. The van der Waals surface area contributed by atoms with E-state index in [1.54, 1.807) is 12.4 Å². The molecular weight excluding hydrogens is 362 g/mol. The first-order valence-electron chi connectivity index (χ1n) is 9.53. The molecule has 2 aromatic rings. The van der Waals surface area contributed by atoms with Crippen molar-refractivity contribution in [1.29, 1.82) is 0 Å². The third kappa shape index (κ3) is 4.07. The Labute approximate surface area is 163 Å². The summed E-state index contributed by atoms with van der Waals surface area (Å²) in [5.74, 6) is 0.159. The van der Waals surface area contributed by atoms with Crippen molar-refractivity contribution in [3.8, 4) is 0 Å². The highest BCUT2D eigenvalue weighted by Gasteiger charge is 2.38. The molecule has 150 valence electrons. The van der Waals surface area contributed by atoms with E-state index in [9.17, 15) is 4.79 Å². The van der Waals surface area contributed by atoms with Gasteiger partial charge in [0.1, 0.15) is 6.26 Å². The zero-order chi connectivity index (χ0) is 19.3. The van der Waals surface area contributed by atoms with Crippen LogP contribution in [0.2, 0.25) is 0 Å². The molecule has 2 aromatic heterocycles. The summed E-state index contributed by atoms with van der Waals surface area (Å²) in [7, 11) is 0. The molecule has 0 unspecified atom stereocenters. The standard InChI is InChI=1S/C19H25N5O4/c20-10-17-22-15(13-28-17)19(25)24-6-9-27-16(12-23-4-7-26-8-5-23)18(24)14-2-1-3-21-11-14/h1-3,11,13,16,18H,4-10,12,20H2/t16-,18-/m0/s1. The Morgan fingerprint density at radius 1 is 1.25 bits per heavy atom. The molecule has 9 heteroatoms. The van der Waals surface area contributed by atoms with Crippen molar-refractivity contribution in [3.05, 3.63) is 47.9 Å². The van der Waals surface area contributed by atoms with Gasteiger partial charge in [0, 0.05) is 38.6 Å². The zero-order valence-electron chi connectivity index (χ0n) is 15.7. The Morgan fingerprint density at radius 3 is 2.82 bits per heavy atom. The van der Waals surface area contributed by atoms with Gasteiger partial charge in [-0.15, -0.1) is 0 Å². The Kier molecular flexibility index (Phi) is 5.96. The average molecular weight is 387 g/mol. The normalized spacial score (nSPS) is 23.7. The molecule has 4 heterocycles. The summed E-state index contributed by atoms with van der Waals surface area (Å²) in [5.41, 5.74) is 6.77. The predicted octanol–water partition coefficient (Wildman–Crippen LogP) is 0.443. The number of pyridine rings is 1. The molecule has 28 heavy (non-hydrogen) atoms. The third-order valence-corrected chi connectivity index (χ3v) is 5.13. The van der Waals surface area contributed by atoms with Crippen molar-refractivity contribution in [2.75, 3.05) is 46.0 Å². The molecule has 2 aliphatic rings. The van der Waals surface area contributed by atoms with E-state index >= 15 is 0 Å². The fourth-order valence-corrected chi connectivity index (χ4v) is 3.75. The molecule has 2 atom stereocenters. The lowest BCUT2D eigenvalue weighted by Gasteiger charge is -2.43. The number of aromatic nitrogens is 2. The summed E-state index contributed by atoms with van der Waals surface area (Å²) in [5, 5.41) is 0. The molecule has 2 saturated heterocycles. The molecule has 0 radical (unpaired) electrons. The Morgan fingerprint density at radius 2 is 2.11 bits per heavy atom. The molecule has 2 fully saturated rings. The molecule has 0 saturated carbocycles. The van der Waals surface area contributed by atoms with Gasteiger partial charge in [0.05, 0.1) is 38.5 Å². The second-order valence-corrected chi connectivity index (χ2v) is 6.88. The Bertz CT molecular complexity index is 778. The zero-order valence-corrected chi connectivity index (χ0v) is 15.7. The Hall–Kier alpha value is -2.33. The van der Waals surface area contributed by atoms with Crippen LogP contribution in [0.3, 0.4) is 0 Å². The van der Waals surface area contributed by atoms with E-state index in [0.717, 1.165) is 25.2 Å². The second-order valence-electron chi connectivity index (χ2n) is 6.88. The summed E-state index contributed by atoms with van der Waals surface area (Å²) in [6, 6.07) is 3.60. The number of oxazole rings is 1. The maximum atomic E-state index is 13.2. The maximum Gasteiger partial charge on any atom is 0.276 e. The van der Waals surface area contributed by atoms with Gasteiger partial charge in [-0.3, -0.25) is 14.7 Å². The first-order valence-corrected chi connectivity index (χ1v) is 9.53. The maximum absolute atomic E-state index is 13.2. The minimum atomic E-state index is -0.254. The van der Waals surface area contributed by atoms with E-state index in [1.165, 1.54) is 6.26 Å². The van der Waals surface area contributed by atoms with Crippen LogP contribution in [0.25, 0.3) is 0 Å². The third-order valence-electron chi connectivity index (χ3n) is 5.13. The van der Waals surface area contributed by atoms with Gasteiger partial charge in [-0.1, -0.05) is 6.07 Å². The van der Waals surface area contributed by atoms with E-state index in [2.05, 4.69) is 14.9 Å². The fourth-order valence-electron chi connectivity index (χ4n) is 3.75. The lowest BCUT2D eigenvalue weighted by Crippen LogP contribution is -2.53. The number of rotatable bonds is 5. The molecular formula is C19H25N5O4. The SMILES string of the molecule is NCc1nc(C(=O)N2CCO[C@@H](CN3CCOCC3)[C@@H]2c2cccnc2)co1. The van der Waals surface area contributed by atoms with Gasteiger partial charge in [0.25, 0.3) is 5.91 Å². The first-order chi connectivity index (χ1) is 13.8. The number of ether oxygens (including phenoxy) is 2. The van der Waals surface area contributed by atoms with Crippen LogP contribution in [0.15, 0.2) is 35.2 Å². The molecule has 2 N–H and O–H groups in total. The van der Waals surface area contributed by atoms with Crippen molar-refractivity contribution in [1.82, 2.24) is 19.8 Å². The number of hydrogen-bond donors (Lipinski definition) is 1. The van der Waals surface area contributed by atoms with Crippen molar-refractivity contribution in [2.24, 2.45) is 5.73 Å².